The van der Waals surface area contributed by atoms with Crippen molar-refractivity contribution in [3.8, 4) is 0 Å². The van der Waals surface area contributed by atoms with Gasteiger partial charge in [0.25, 0.3) is 5.91 Å². The lowest BCUT2D eigenvalue weighted by Gasteiger charge is -2.25. The molecule has 1 unspecified atom stereocenters. The summed E-state index contributed by atoms with van der Waals surface area (Å²) in [5, 5.41) is 12.7. The maximum atomic E-state index is 13.2. The lowest BCUT2D eigenvalue weighted by Crippen LogP contribution is -2.37. The van der Waals surface area contributed by atoms with Crippen molar-refractivity contribution < 1.29 is 4.79 Å². The number of halogens is 2. The fourth-order valence-electron chi connectivity index (χ4n) is 4.31. The standard InChI is InChI=1S/C20H26ClN5O.ClH/c1-14-19(23-24-26(14)16-8-10-22-11-9-16)20(27)25-12-4-6-17(25)13-15-5-2-3-7-18(15)21;/h2-3,5,7,16-17,22H,4,6,8-13H2,1H3;1H. The summed E-state index contributed by atoms with van der Waals surface area (Å²) in [5.41, 5.74) is 2.48. The predicted molar refractivity (Wildman–Crippen MR) is 112 cm³/mol. The van der Waals surface area contributed by atoms with Crippen LogP contribution in [0.25, 0.3) is 0 Å². The average Bonchev–Trinajstić information content (AvgIpc) is 3.30. The van der Waals surface area contributed by atoms with Crippen molar-refractivity contribution in [1.82, 2.24) is 25.2 Å². The summed E-state index contributed by atoms with van der Waals surface area (Å²) in [4.78, 5) is 15.2. The first-order valence-electron chi connectivity index (χ1n) is 9.82. The monoisotopic (exact) mass is 423 g/mol. The normalized spacial score (nSPS) is 20.2. The third kappa shape index (κ3) is 4.19. The van der Waals surface area contributed by atoms with E-state index in [-0.39, 0.29) is 24.4 Å². The van der Waals surface area contributed by atoms with Crippen molar-refractivity contribution in [2.75, 3.05) is 19.6 Å². The number of aromatic nitrogens is 3. The van der Waals surface area contributed by atoms with E-state index in [4.69, 9.17) is 11.6 Å². The predicted octanol–water partition coefficient (Wildman–Crippen LogP) is 3.43. The van der Waals surface area contributed by atoms with E-state index in [0.717, 1.165) is 68.0 Å². The molecule has 4 rings (SSSR count). The molecule has 1 N–H and O–H groups in total. The highest BCUT2D eigenvalue weighted by Gasteiger charge is 2.33. The highest BCUT2D eigenvalue weighted by molar-refractivity contribution is 6.31. The second kappa shape index (κ2) is 9.25. The van der Waals surface area contributed by atoms with Crippen LogP contribution >= 0.6 is 24.0 Å². The van der Waals surface area contributed by atoms with Crippen molar-refractivity contribution in [2.45, 2.75) is 51.1 Å². The molecule has 28 heavy (non-hydrogen) atoms. The summed E-state index contributed by atoms with van der Waals surface area (Å²) in [6.45, 7) is 4.71. The smallest absolute Gasteiger partial charge is 0.276 e. The molecule has 1 atom stereocenters. The first-order chi connectivity index (χ1) is 13.1. The van der Waals surface area contributed by atoms with Crippen molar-refractivity contribution in [3.63, 3.8) is 0 Å². The van der Waals surface area contributed by atoms with Gasteiger partial charge in [-0.3, -0.25) is 4.79 Å². The first kappa shape index (κ1) is 21.1. The molecule has 0 radical (unpaired) electrons. The number of hydrogen-bond acceptors (Lipinski definition) is 4. The minimum absolute atomic E-state index is 0. The van der Waals surface area contributed by atoms with Gasteiger partial charge in [-0.15, -0.1) is 17.5 Å². The molecule has 2 aromatic rings. The molecule has 3 heterocycles. The Hall–Kier alpha value is -1.63. The minimum atomic E-state index is 0. The number of nitrogens with one attached hydrogen (secondary N) is 1. The number of carbonyl (C=O) groups is 1. The largest absolute Gasteiger partial charge is 0.334 e. The van der Waals surface area contributed by atoms with Gasteiger partial charge in [-0.1, -0.05) is 35.0 Å². The molecule has 152 valence electrons. The molecule has 1 aromatic heterocycles. The quantitative estimate of drug-likeness (QED) is 0.817. The second-order valence-corrected chi connectivity index (χ2v) is 7.95. The molecule has 2 fully saturated rings. The Morgan fingerprint density at radius 1 is 1.25 bits per heavy atom. The zero-order chi connectivity index (χ0) is 18.8. The maximum Gasteiger partial charge on any atom is 0.276 e. The number of piperidine rings is 1. The highest BCUT2D eigenvalue weighted by Crippen LogP contribution is 2.27. The number of benzene rings is 1. The van der Waals surface area contributed by atoms with Gasteiger partial charge in [-0.05, 0) is 63.7 Å². The van der Waals surface area contributed by atoms with Crippen molar-refractivity contribution in [2.24, 2.45) is 0 Å². The molecule has 0 saturated carbocycles. The molecular formula is C20H27Cl2N5O. The van der Waals surface area contributed by atoms with Gasteiger partial charge in [0.2, 0.25) is 0 Å². The summed E-state index contributed by atoms with van der Waals surface area (Å²) in [5.74, 6) is 0.00207. The third-order valence-corrected chi connectivity index (χ3v) is 6.20. The molecular weight excluding hydrogens is 397 g/mol. The van der Waals surface area contributed by atoms with Crippen LogP contribution in [0, 0.1) is 6.92 Å². The highest BCUT2D eigenvalue weighted by atomic mass is 35.5. The number of amides is 1. The van der Waals surface area contributed by atoms with Crippen LogP contribution in [-0.2, 0) is 6.42 Å². The van der Waals surface area contributed by atoms with Crippen LogP contribution in [0.5, 0.6) is 0 Å². The molecule has 0 bridgehead atoms. The van der Waals surface area contributed by atoms with Crippen LogP contribution in [0.15, 0.2) is 24.3 Å². The van der Waals surface area contributed by atoms with E-state index in [1.54, 1.807) is 0 Å². The first-order valence-corrected chi connectivity index (χ1v) is 10.2. The Kier molecular flexibility index (Phi) is 6.96. The fourth-order valence-corrected chi connectivity index (χ4v) is 4.52. The number of likely N-dealkylation sites (tertiary alicyclic amines) is 1. The summed E-state index contributed by atoms with van der Waals surface area (Å²) < 4.78 is 1.95. The SMILES string of the molecule is Cc1c(C(=O)N2CCCC2Cc2ccccc2Cl)nnn1C1CCNCC1.Cl. The number of hydrogen-bond donors (Lipinski definition) is 1. The van der Waals surface area contributed by atoms with Gasteiger partial charge in [0, 0.05) is 17.6 Å². The van der Waals surface area contributed by atoms with Crippen molar-refractivity contribution in [3.05, 3.63) is 46.2 Å². The van der Waals surface area contributed by atoms with Crippen molar-refractivity contribution in [1.29, 1.82) is 0 Å². The van der Waals surface area contributed by atoms with E-state index >= 15 is 0 Å². The fraction of sp³-hybridized carbons (Fsp3) is 0.550. The van der Waals surface area contributed by atoms with Crippen LogP contribution in [-0.4, -0.2) is 51.5 Å². The Labute approximate surface area is 177 Å². The maximum absolute atomic E-state index is 13.2. The van der Waals surface area contributed by atoms with Gasteiger partial charge in [-0.2, -0.15) is 0 Å². The van der Waals surface area contributed by atoms with E-state index in [1.165, 1.54) is 0 Å². The second-order valence-electron chi connectivity index (χ2n) is 7.54. The average molecular weight is 424 g/mol. The van der Waals surface area contributed by atoms with E-state index in [0.29, 0.717) is 11.7 Å². The van der Waals surface area contributed by atoms with Crippen LogP contribution in [0.1, 0.15) is 53.5 Å². The van der Waals surface area contributed by atoms with Crippen LogP contribution in [0.2, 0.25) is 5.02 Å². The van der Waals surface area contributed by atoms with Gasteiger partial charge in [-0.25, -0.2) is 4.68 Å². The van der Waals surface area contributed by atoms with Gasteiger partial charge in [0.05, 0.1) is 11.7 Å². The molecule has 2 aliphatic rings. The van der Waals surface area contributed by atoms with Crippen LogP contribution < -0.4 is 5.32 Å². The van der Waals surface area contributed by atoms with Crippen LogP contribution in [0.4, 0.5) is 0 Å². The van der Waals surface area contributed by atoms with E-state index < -0.39 is 0 Å². The Balaban J connectivity index is 0.00000225. The summed E-state index contributed by atoms with van der Waals surface area (Å²) in [6, 6.07) is 8.39. The van der Waals surface area contributed by atoms with Gasteiger partial charge in [0.15, 0.2) is 5.69 Å². The van der Waals surface area contributed by atoms with E-state index in [1.807, 2.05) is 40.8 Å². The van der Waals surface area contributed by atoms with Gasteiger partial charge in [0.1, 0.15) is 0 Å². The number of carbonyl (C=O) groups excluding carboxylic acids is 1. The molecule has 2 aliphatic heterocycles. The summed E-state index contributed by atoms with van der Waals surface area (Å²) in [7, 11) is 0. The molecule has 0 spiro atoms. The lowest BCUT2D eigenvalue weighted by molar-refractivity contribution is 0.0729. The molecule has 1 aromatic carbocycles. The minimum Gasteiger partial charge on any atom is -0.334 e. The van der Waals surface area contributed by atoms with Crippen LogP contribution in [0.3, 0.4) is 0 Å². The van der Waals surface area contributed by atoms with E-state index in [2.05, 4.69) is 15.6 Å². The van der Waals surface area contributed by atoms with Gasteiger partial charge >= 0.3 is 0 Å². The number of rotatable bonds is 4. The molecule has 0 aliphatic carbocycles. The third-order valence-electron chi connectivity index (χ3n) is 5.84. The molecule has 1 amide bonds. The molecule has 6 nitrogen and oxygen atoms in total. The molecule has 2 saturated heterocycles. The Bertz CT molecular complexity index is 819. The Morgan fingerprint density at radius 3 is 2.75 bits per heavy atom. The number of nitrogens with zero attached hydrogens (tertiary/aromatic N) is 4. The zero-order valence-corrected chi connectivity index (χ0v) is 17.7. The molecule has 8 heteroatoms. The Morgan fingerprint density at radius 2 is 2.00 bits per heavy atom. The topological polar surface area (TPSA) is 63.1 Å². The zero-order valence-electron chi connectivity index (χ0n) is 16.1. The summed E-state index contributed by atoms with van der Waals surface area (Å²) in [6.07, 6.45) is 4.85. The summed E-state index contributed by atoms with van der Waals surface area (Å²) >= 11 is 6.33. The van der Waals surface area contributed by atoms with Gasteiger partial charge < -0.3 is 10.2 Å². The lowest BCUT2D eigenvalue weighted by atomic mass is 10.0. The van der Waals surface area contributed by atoms with Crippen molar-refractivity contribution >= 4 is 29.9 Å². The van der Waals surface area contributed by atoms with E-state index in [9.17, 15) is 4.79 Å².